The van der Waals surface area contributed by atoms with Gasteiger partial charge >= 0.3 is 6.18 Å². The third kappa shape index (κ3) is 3.40. The van der Waals surface area contributed by atoms with Gasteiger partial charge in [-0.2, -0.15) is 28.8 Å². The maximum atomic E-state index is 14.5. The zero-order valence-corrected chi connectivity index (χ0v) is 16.3. The molecule has 0 radical (unpaired) electrons. The minimum Gasteiger partial charge on any atom is -0.282 e. The molecule has 3 aromatic rings. The summed E-state index contributed by atoms with van der Waals surface area (Å²) >= 11 is 0. The van der Waals surface area contributed by atoms with Crippen LogP contribution in [0.1, 0.15) is 22.7 Å². The van der Waals surface area contributed by atoms with Crippen molar-refractivity contribution in [1.29, 1.82) is 10.5 Å². The summed E-state index contributed by atoms with van der Waals surface area (Å²) < 4.78 is 69.5. The number of aliphatic imine (C=N–C) groups is 1. The average molecular weight is 441 g/mol. The van der Waals surface area contributed by atoms with Crippen molar-refractivity contribution in [2.75, 3.05) is 0 Å². The fourth-order valence-corrected chi connectivity index (χ4v) is 3.82. The molecule has 2 unspecified atom stereocenters. The van der Waals surface area contributed by atoms with Crippen molar-refractivity contribution in [3.05, 3.63) is 70.4 Å². The molecular formula is C22H12F5N5. The number of nitrogens with one attached hydrogen (secondary N) is 1. The first-order chi connectivity index (χ1) is 15.2. The first-order valence-corrected chi connectivity index (χ1v) is 9.25. The molecule has 0 aliphatic carbocycles. The molecule has 32 heavy (non-hydrogen) atoms. The van der Waals surface area contributed by atoms with Crippen LogP contribution in [0.2, 0.25) is 0 Å². The maximum Gasteiger partial charge on any atom is 0.430 e. The van der Waals surface area contributed by atoms with Crippen LogP contribution in [0.4, 0.5) is 22.0 Å². The van der Waals surface area contributed by atoms with E-state index in [1.807, 2.05) is 0 Å². The first-order valence-electron chi connectivity index (χ1n) is 9.25. The third-order valence-electron chi connectivity index (χ3n) is 5.29. The Bertz CT molecular complexity index is 1380. The number of fused-ring (bicyclic) bond motifs is 1. The van der Waals surface area contributed by atoms with Crippen LogP contribution in [-0.4, -0.2) is 22.1 Å². The first kappa shape index (κ1) is 21.2. The molecule has 0 saturated carbocycles. The molecule has 0 spiro atoms. The minimum atomic E-state index is -5.02. The van der Waals surface area contributed by atoms with E-state index in [4.69, 9.17) is 0 Å². The molecular weight excluding hydrogens is 429 g/mol. The fourth-order valence-electron chi connectivity index (χ4n) is 3.82. The smallest absolute Gasteiger partial charge is 0.282 e. The van der Waals surface area contributed by atoms with E-state index in [9.17, 15) is 32.5 Å². The van der Waals surface area contributed by atoms with Gasteiger partial charge in [-0.05, 0) is 36.8 Å². The van der Waals surface area contributed by atoms with Gasteiger partial charge in [0.15, 0.2) is 0 Å². The summed E-state index contributed by atoms with van der Waals surface area (Å²) in [6.45, 7) is 1.71. The van der Waals surface area contributed by atoms with Crippen molar-refractivity contribution < 1.29 is 22.0 Å². The molecule has 1 aromatic heterocycles. The van der Waals surface area contributed by atoms with Gasteiger partial charge in [0, 0.05) is 28.6 Å². The molecule has 10 heteroatoms. The molecule has 160 valence electrons. The van der Waals surface area contributed by atoms with Gasteiger partial charge in [0.25, 0.3) is 0 Å². The predicted octanol–water partition coefficient (Wildman–Crippen LogP) is 5.32. The van der Waals surface area contributed by atoms with Gasteiger partial charge in [0.05, 0.1) is 28.9 Å². The zero-order valence-electron chi connectivity index (χ0n) is 16.3. The molecule has 0 amide bonds. The van der Waals surface area contributed by atoms with Crippen LogP contribution in [0.15, 0.2) is 47.0 Å². The number of nitrogens with zero attached hydrogens (tertiary/aromatic N) is 4. The molecule has 0 bridgehead atoms. The van der Waals surface area contributed by atoms with E-state index >= 15 is 0 Å². The number of hydrogen-bond donors (Lipinski definition) is 1. The third-order valence-corrected chi connectivity index (χ3v) is 5.29. The van der Waals surface area contributed by atoms with Crippen LogP contribution < -0.4 is 0 Å². The topological polar surface area (TPSA) is 88.6 Å². The van der Waals surface area contributed by atoms with Crippen LogP contribution >= 0.6 is 0 Å². The van der Waals surface area contributed by atoms with E-state index in [1.54, 1.807) is 31.2 Å². The van der Waals surface area contributed by atoms with E-state index in [1.165, 1.54) is 6.07 Å². The zero-order chi connectivity index (χ0) is 23.2. The molecule has 1 aliphatic rings. The molecule has 0 fully saturated rings. The van der Waals surface area contributed by atoms with Gasteiger partial charge in [-0.1, -0.05) is 6.07 Å². The molecule has 5 nitrogen and oxygen atoms in total. The predicted molar refractivity (Wildman–Crippen MR) is 105 cm³/mol. The Labute approximate surface area is 178 Å². The van der Waals surface area contributed by atoms with Crippen molar-refractivity contribution in [2.45, 2.75) is 19.0 Å². The lowest BCUT2D eigenvalue weighted by Crippen LogP contribution is -2.37. The fraction of sp³-hybridized carbons (Fsp3) is 0.182. The number of hydrogen-bond acceptors (Lipinski definition) is 4. The Morgan fingerprint density at radius 2 is 1.81 bits per heavy atom. The van der Waals surface area contributed by atoms with Gasteiger partial charge in [0.1, 0.15) is 23.3 Å². The van der Waals surface area contributed by atoms with Gasteiger partial charge in [-0.15, -0.1) is 0 Å². The highest BCUT2D eigenvalue weighted by atomic mass is 19.4. The maximum absolute atomic E-state index is 14.5. The Hall–Kier alpha value is -4.05. The lowest BCUT2D eigenvalue weighted by Gasteiger charge is -2.30. The molecule has 2 atom stereocenters. The van der Waals surface area contributed by atoms with Gasteiger partial charge in [0.2, 0.25) is 0 Å². The monoisotopic (exact) mass is 441 g/mol. The standard InChI is InChI=1S/C22H12F5N5/c1-10-14-6-11(2-5-18(14)32-31-10)19-15(8-28)20(13-4-3-12(23)7-17(13)24)30-21(16(19)9-29)22(25,26)27/h2-7,16,19H,1H3,(H,31,32). The molecule has 0 saturated heterocycles. The van der Waals surface area contributed by atoms with E-state index in [0.29, 0.717) is 22.7 Å². The second-order valence-corrected chi connectivity index (χ2v) is 7.20. The summed E-state index contributed by atoms with van der Waals surface area (Å²) in [5.41, 5.74) is -1.40. The summed E-state index contributed by atoms with van der Waals surface area (Å²) in [6.07, 6.45) is -5.02. The molecule has 1 N–H and O–H groups in total. The summed E-state index contributed by atoms with van der Waals surface area (Å²) in [6, 6.07) is 10.2. The number of rotatable bonds is 2. The van der Waals surface area contributed by atoms with E-state index in [-0.39, 0.29) is 11.1 Å². The van der Waals surface area contributed by atoms with Crippen LogP contribution in [-0.2, 0) is 0 Å². The van der Waals surface area contributed by atoms with Crippen molar-refractivity contribution in [3.63, 3.8) is 0 Å². The summed E-state index contributed by atoms with van der Waals surface area (Å²) in [7, 11) is 0. The quantitative estimate of drug-likeness (QED) is 0.546. The number of halogens is 5. The Kier molecular flexibility index (Phi) is 5.02. The molecule has 4 rings (SSSR count). The molecule has 2 aromatic carbocycles. The number of alkyl halides is 3. The van der Waals surface area contributed by atoms with Crippen LogP contribution in [0.3, 0.4) is 0 Å². The van der Waals surface area contributed by atoms with Gasteiger partial charge in [-0.25, -0.2) is 13.8 Å². The highest BCUT2D eigenvalue weighted by Crippen LogP contribution is 2.45. The molecule has 2 heterocycles. The summed E-state index contributed by atoms with van der Waals surface area (Å²) in [5, 5.41) is 26.9. The number of nitriles is 2. The normalized spacial score (nSPS) is 18.9. The van der Waals surface area contributed by atoms with Gasteiger partial charge in [-0.3, -0.25) is 5.10 Å². The van der Waals surface area contributed by atoms with Crippen molar-refractivity contribution in [1.82, 2.24) is 10.2 Å². The van der Waals surface area contributed by atoms with Gasteiger partial charge < -0.3 is 0 Å². The summed E-state index contributed by atoms with van der Waals surface area (Å²) in [4.78, 5) is 3.51. The lowest BCUT2D eigenvalue weighted by atomic mass is 9.75. The van der Waals surface area contributed by atoms with Crippen molar-refractivity contribution in [3.8, 4) is 12.1 Å². The second kappa shape index (κ2) is 7.57. The highest BCUT2D eigenvalue weighted by Gasteiger charge is 2.49. The Morgan fingerprint density at radius 1 is 1.06 bits per heavy atom. The van der Waals surface area contributed by atoms with Crippen molar-refractivity contribution in [2.24, 2.45) is 10.9 Å². The lowest BCUT2D eigenvalue weighted by molar-refractivity contribution is -0.0622. The highest BCUT2D eigenvalue weighted by molar-refractivity contribution is 6.02. The SMILES string of the molecule is Cc1[nH]nc2ccc(C3C(C#N)=C(c4ccc(F)cc4F)N=C(C(F)(F)F)C3C#N)cc12. The van der Waals surface area contributed by atoms with Crippen LogP contribution in [0.5, 0.6) is 0 Å². The average Bonchev–Trinajstić information content (AvgIpc) is 3.11. The van der Waals surface area contributed by atoms with E-state index in [2.05, 4.69) is 15.2 Å². The van der Waals surface area contributed by atoms with Crippen LogP contribution in [0.25, 0.3) is 16.6 Å². The Balaban J connectivity index is 2.04. The number of H-pyrrole nitrogens is 1. The van der Waals surface area contributed by atoms with E-state index < -0.39 is 46.6 Å². The number of allylic oxidation sites excluding steroid dienone is 1. The number of aromatic amines is 1. The summed E-state index contributed by atoms with van der Waals surface area (Å²) in [5.74, 6) is -5.33. The minimum absolute atomic E-state index is 0.238. The largest absolute Gasteiger partial charge is 0.430 e. The van der Waals surface area contributed by atoms with Crippen LogP contribution in [0, 0.1) is 47.1 Å². The van der Waals surface area contributed by atoms with E-state index in [0.717, 1.165) is 12.1 Å². The second-order valence-electron chi connectivity index (χ2n) is 7.20. The Morgan fingerprint density at radius 3 is 2.44 bits per heavy atom. The number of aryl methyl sites for hydroxylation is 1. The van der Waals surface area contributed by atoms with Crippen molar-refractivity contribution >= 4 is 22.3 Å². The number of benzene rings is 2. The molecule has 1 aliphatic heterocycles. The number of aromatic nitrogens is 2.